The number of aryl methyl sites for hydroxylation is 1. The van der Waals surface area contributed by atoms with Crippen LogP contribution in [0.3, 0.4) is 0 Å². The van der Waals surface area contributed by atoms with Gasteiger partial charge in [-0.2, -0.15) is 0 Å². The van der Waals surface area contributed by atoms with E-state index in [4.69, 9.17) is 18.0 Å². The molecule has 0 aliphatic heterocycles. The molecule has 0 fully saturated rings. The first-order valence-corrected chi connectivity index (χ1v) is 8.53. The molecule has 5 nitrogen and oxygen atoms in total. The Morgan fingerprint density at radius 1 is 1.33 bits per heavy atom. The number of nitrogens with two attached hydrogens (primary N) is 1. The standard InChI is InChI=1S/C13H12BrN3O2S2/c1-8-6-9(2-4-11(8)14)17-21(18,19)10-3-5-12(13(15)20)16-7-10/h2-7,17H,1H3,(H2,15,20). The molecule has 2 rings (SSSR count). The number of sulfonamides is 1. The highest BCUT2D eigenvalue weighted by Gasteiger charge is 2.15. The monoisotopic (exact) mass is 385 g/mol. The molecular weight excluding hydrogens is 374 g/mol. The van der Waals surface area contributed by atoms with Crippen molar-refractivity contribution in [2.75, 3.05) is 4.72 Å². The SMILES string of the molecule is Cc1cc(NS(=O)(=O)c2ccc(C(N)=S)nc2)ccc1Br. The second-order valence-electron chi connectivity index (χ2n) is 4.31. The average molecular weight is 386 g/mol. The second kappa shape index (κ2) is 6.08. The molecule has 0 saturated carbocycles. The van der Waals surface area contributed by atoms with Crippen molar-refractivity contribution in [3.05, 3.63) is 52.3 Å². The Morgan fingerprint density at radius 2 is 2.05 bits per heavy atom. The first-order valence-electron chi connectivity index (χ1n) is 5.84. The molecule has 21 heavy (non-hydrogen) atoms. The molecule has 0 saturated heterocycles. The fraction of sp³-hybridized carbons (Fsp3) is 0.0769. The van der Waals surface area contributed by atoms with Crippen molar-refractivity contribution in [3.63, 3.8) is 0 Å². The average Bonchev–Trinajstić information content (AvgIpc) is 2.43. The minimum Gasteiger partial charge on any atom is -0.388 e. The number of rotatable bonds is 4. The molecule has 0 spiro atoms. The third kappa shape index (κ3) is 3.78. The Hall–Kier alpha value is -1.51. The van der Waals surface area contributed by atoms with Crippen LogP contribution in [-0.4, -0.2) is 18.4 Å². The summed E-state index contributed by atoms with van der Waals surface area (Å²) in [5.74, 6) is 0. The minimum absolute atomic E-state index is 0.0445. The van der Waals surface area contributed by atoms with Crippen molar-refractivity contribution >= 4 is 48.8 Å². The summed E-state index contributed by atoms with van der Waals surface area (Å²) in [7, 11) is -3.70. The van der Waals surface area contributed by atoms with Crippen molar-refractivity contribution in [1.29, 1.82) is 0 Å². The second-order valence-corrected chi connectivity index (χ2v) is 7.29. The summed E-state index contributed by atoms with van der Waals surface area (Å²) in [6.07, 6.45) is 1.22. The molecule has 0 aliphatic carbocycles. The summed E-state index contributed by atoms with van der Waals surface area (Å²) >= 11 is 8.14. The molecule has 8 heteroatoms. The molecule has 2 aromatic rings. The molecule has 0 bridgehead atoms. The van der Waals surface area contributed by atoms with Gasteiger partial charge in [-0.15, -0.1) is 0 Å². The normalized spacial score (nSPS) is 11.1. The number of hydrogen-bond acceptors (Lipinski definition) is 4. The number of anilines is 1. The van der Waals surface area contributed by atoms with E-state index in [1.54, 1.807) is 18.2 Å². The van der Waals surface area contributed by atoms with Crippen LogP contribution >= 0.6 is 28.1 Å². The van der Waals surface area contributed by atoms with Crippen molar-refractivity contribution in [2.24, 2.45) is 5.73 Å². The lowest BCUT2D eigenvalue weighted by atomic mass is 10.2. The van der Waals surface area contributed by atoms with Gasteiger partial charge in [-0.05, 0) is 42.8 Å². The van der Waals surface area contributed by atoms with Crippen LogP contribution in [0.1, 0.15) is 11.3 Å². The van der Waals surface area contributed by atoms with Gasteiger partial charge in [0.05, 0.1) is 5.69 Å². The van der Waals surface area contributed by atoms with Gasteiger partial charge in [0, 0.05) is 16.4 Å². The highest BCUT2D eigenvalue weighted by molar-refractivity contribution is 9.10. The van der Waals surface area contributed by atoms with Crippen LogP contribution in [0.2, 0.25) is 0 Å². The third-order valence-electron chi connectivity index (χ3n) is 2.71. The summed E-state index contributed by atoms with van der Waals surface area (Å²) in [5, 5.41) is 0. The first kappa shape index (κ1) is 15.9. The fourth-order valence-corrected chi connectivity index (χ4v) is 2.97. The predicted octanol–water partition coefficient (Wildman–Crippen LogP) is 2.59. The van der Waals surface area contributed by atoms with E-state index in [2.05, 4.69) is 25.6 Å². The van der Waals surface area contributed by atoms with Gasteiger partial charge >= 0.3 is 0 Å². The van der Waals surface area contributed by atoms with Crippen LogP contribution in [0, 0.1) is 6.92 Å². The molecule has 3 N–H and O–H groups in total. The number of nitrogens with one attached hydrogen (secondary N) is 1. The summed E-state index contributed by atoms with van der Waals surface area (Å²) < 4.78 is 27.9. The number of nitrogens with zero attached hydrogens (tertiary/aromatic N) is 1. The van der Waals surface area contributed by atoms with Crippen molar-refractivity contribution in [1.82, 2.24) is 4.98 Å². The number of pyridine rings is 1. The van der Waals surface area contributed by atoms with Gasteiger partial charge in [0.2, 0.25) is 0 Å². The van der Waals surface area contributed by atoms with E-state index in [0.717, 1.165) is 10.0 Å². The maximum absolute atomic E-state index is 12.3. The zero-order valence-electron chi connectivity index (χ0n) is 11.0. The zero-order valence-corrected chi connectivity index (χ0v) is 14.2. The third-order valence-corrected chi connectivity index (χ3v) is 5.17. The van der Waals surface area contributed by atoms with Gasteiger partial charge in [0.25, 0.3) is 10.0 Å². The van der Waals surface area contributed by atoms with Crippen LogP contribution in [0.15, 0.2) is 45.9 Å². The van der Waals surface area contributed by atoms with Gasteiger partial charge in [-0.25, -0.2) is 8.42 Å². The highest BCUT2D eigenvalue weighted by Crippen LogP contribution is 2.22. The number of aromatic nitrogens is 1. The zero-order chi connectivity index (χ0) is 15.6. The van der Waals surface area contributed by atoms with Gasteiger partial charge < -0.3 is 5.73 Å². The molecule has 110 valence electrons. The van der Waals surface area contributed by atoms with E-state index < -0.39 is 10.0 Å². The van der Waals surface area contributed by atoms with E-state index in [-0.39, 0.29) is 9.88 Å². The Kier molecular flexibility index (Phi) is 4.60. The maximum Gasteiger partial charge on any atom is 0.263 e. The van der Waals surface area contributed by atoms with Crippen LogP contribution < -0.4 is 10.5 Å². The van der Waals surface area contributed by atoms with Gasteiger partial charge in [0.15, 0.2) is 0 Å². The van der Waals surface area contributed by atoms with Crippen molar-refractivity contribution < 1.29 is 8.42 Å². The fourth-order valence-electron chi connectivity index (χ4n) is 1.61. The molecular formula is C13H12BrN3O2S2. The summed E-state index contributed by atoms with van der Waals surface area (Å²) in [6, 6.07) is 8.07. The number of hydrogen-bond donors (Lipinski definition) is 2. The maximum atomic E-state index is 12.3. The molecule has 0 amide bonds. The summed E-state index contributed by atoms with van der Waals surface area (Å²) in [5.41, 5.74) is 7.21. The van der Waals surface area contributed by atoms with Crippen LogP contribution in [0.5, 0.6) is 0 Å². The summed E-state index contributed by atoms with van der Waals surface area (Å²) in [6.45, 7) is 1.88. The first-order chi connectivity index (χ1) is 9.79. The van der Waals surface area contributed by atoms with Gasteiger partial charge in [-0.1, -0.05) is 28.1 Å². The van der Waals surface area contributed by atoms with Crippen molar-refractivity contribution in [3.8, 4) is 0 Å². The van der Waals surface area contributed by atoms with Crippen molar-refractivity contribution in [2.45, 2.75) is 11.8 Å². The molecule has 1 aromatic carbocycles. The Labute approximate surface area is 136 Å². The lowest BCUT2D eigenvalue weighted by Gasteiger charge is -2.09. The van der Waals surface area contributed by atoms with Gasteiger partial charge in [0.1, 0.15) is 9.88 Å². The smallest absolute Gasteiger partial charge is 0.263 e. The largest absolute Gasteiger partial charge is 0.388 e. The number of thiocarbonyl (C=S) groups is 1. The van der Waals surface area contributed by atoms with Crippen LogP contribution in [0.25, 0.3) is 0 Å². The number of benzene rings is 1. The van der Waals surface area contributed by atoms with E-state index in [9.17, 15) is 8.42 Å². The van der Waals surface area contributed by atoms with Crippen LogP contribution in [-0.2, 0) is 10.0 Å². The number of halogens is 1. The molecule has 0 atom stereocenters. The molecule has 0 unspecified atom stereocenters. The Morgan fingerprint density at radius 3 is 2.57 bits per heavy atom. The quantitative estimate of drug-likeness (QED) is 0.789. The Balaban J connectivity index is 2.29. The highest BCUT2D eigenvalue weighted by atomic mass is 79.9. The minimum atomic E-state index is -3.70. The van der Waals surface area contributed by atoms with E-state index in [0.29, 0.717) is 11.4 Å². The topological polar surface area (TPSA) is 85.1 Å². The molecule has 1 heterocycles. The van der Waals surface area contributed by atoms with Crippen LogP contribution in [0.4, 0.5) is 5.69 Å². The van der Waals surface area contributed by atoms with E-state index >= 15 is 0 Å². The van der Waals surface area contributed by atoms with E-state index in [1.165, 1.54) is 18.3 Å². The van der Waals surface area contributed by atoms with Gasteiger partial charge in [-0.3, -0.25) is 9.71 Å². The lowest BCUT2D eigenvalue weighted by Crippen LogP contribution is -2.15. The van der Waals surface area contributed by atoms with E-state index in [1.807, 2.05) is 6.92 Å². The molecule has 1 aromatic heterocycles. The summed E-state index contributed by atoms with van der Waals surface area (Å²) in [4.78, 5) is 4.09. The lowest BCUT2D eigenvalue weighted by molar-refractivity contribution is 0.601. The Bertz CT molecular complexity index is 790. The molecule has 0 aliphatic rings. The molecule has 0 radical (unpaired) electrons. The predicted molar refractivity (Wildman–Crippen MR) is 89.8 cm³/mol.